The van der Waals surface area contributed by atoms with Crippen molar-refractivity contribution in [3.05, 3.63) is 75.9 Å². The van der Waals surface area contributed by atoms with Gasteiger partial charge in [0, 0.05) is 10.6 Å². The summed E-state index contributed by atoms with van der Waals surface area (Å²) in [6.07, 6.45) is 1.44. The van der Waals surface area contributed by atoms with E-state index >= 15 is 0 Å². The van der Waals surface area contributed by atoms with Crippen LogP contribution in [-0.4, -0.2) is 17.6 Å². The van der Waals surface area contributed by atoms with Crippen LogP contribution in [0.2, 0.25) is 0 Å². The Kier molecular flexibility index (Phi) is 5.28. The van der Waals surface area contributed by atoms with Gasteiger partial charge in [-0.3, -0.25) is 14.4 Å². The molecule has 0 saturated heterocycles. The van der Waals surface area contributed by atoms with Crippen molar-refractivity contribution >= 4 is 34.6 Å². The van der Waals surface area contributed by atoms with Crippen LogP contribution < -0.4 is 10.6 Å². The van der Waals surface area contributed by atoms with Crippen LogP contribution in [0.5, 0.6) is 0 Å². The Bertz CT molecular complexity index is 927. The van der Waals surface area contributed by atoms with Crippen LogP contribution in [0.4, 0.5) is 5.69 Å². The first-order valence-corrected chi connectivity index (χ1v) is 8.67. The lowest BCUT2D eigenvalue weighted by Crippen LogP contribution is -2.34. The fourth-order valence-corrected chi connectivity index (χ4v) is 3.09. The van der Waals surface area contributed by atoms with Crippen molar-refractivity contribution in [2.24, 2.45) is 0 Å². The van der Waals surface area contributed by atoms with Gasteiger partial charge >= 0.3 is 11.8 Å². The van der Waals surface area contributed by atoms with Crippen LogP contribution in [0.15, 0.2) is 59.2 Å². The molecule has 7 heteroatoms. The van der Waals surface area contributed by atoms with Gasteiger partial charge in [-0.15, -0.1) is 11.3 Å². The van der Waals surface area contributed by atoms with E-state index in [1.807, 2.05) is 19.1 Å². The number of ketones is 1. The van der Waals surface area contributed by atoms with Gasteiger partial charge in [0.15, 0.2) is 5.76 Å². The third kappa shape index (κ3) is 4.25. The summed E-state index contributed by atoms with van der Waals surface area (Å²) in [5, 5.41) is 5.08. The predicted molar refractivity (Wildman–Crippen MR) is 98.1 cm³/mol. The Balaban J connectivity index is 1.53. The van der Waals surface area contributed by atoms with Gasteiger partial charge < -0.3 is 15.1 Å². The second-order valence-corrected chi connectivity index (χ2v) is 6.74. The lowest BCUT2D eigenvalue weighted by Gasteiger charge is -2.06. The molecule has 0 aliphatic carbocycles. The van der Waals surface area contributed by atoms with E-state index in [9.17, 15) is 14.4 Å². The highest BCUT2D eigenvalue weighted by Crippen LogP contribution is 2.20. The van der Waals surface area contributed by atoms with Crippen molar-refractivity contribution in [1.82, 2.24) is 5.32 Å². The summed E-state index contributed by atoms with van der Waals surface area (Å²) in [6.45, 7) is 2.10. The third-order valence-corrected chi connectivity index (χ3v) is 4.65. The minimum absolute atomic E-state index is 0.163. The second kappa shape index (κ2) is 7.79. The molecular formula is C19H16N2O4S. The summed E-state index contributed by atoms with van der Waals surface area (Å²) >= 11 is 1.24. The molecule has 0 unspecified atom stereocenters. The van der Waals surface area contributed by atoms with Crippen LogP contribution in [0, 0.1) is 6.92 Å². The van der Waals surface area contributed by atoms with E-state index in [1.165, 1.54) is 17.6 Å². The first-order valence-electron chi connectivity index (χ1n) is 7.85. The normalized spacial score (nSPS) is 10.3. The molecule has 2 N–H and O–H groups in total. The molecule has 0 saturated carbocycles. The van der Waals surface area contributed by atoms with Crippen molar-refractivity contribution in [2.45, 2.75) is 13.5 Å². The van der Waals surface area contributed by atoms with Gasteiger partial charge in [0.1, 0.15) is 0 Å². The Hall–Kier alpha value is -3.19. The SMILES string of the molecule is Cc1ccc(NC(=O)C(=O)NCc2ccc(C(=O)c3ccco3)s2)cc1. The lowest BCUT2D eigenvalue weighted by atomic mass is 10.2. The topological polar surface area (TPSA) is 88.4 Å². The van der Waals surface area contributed by atoms with E-state index in [1.54, 1.807) is 36.4 Å². The average Bonchev–Trinajstić information content (AvgIpc) is 3.33. The number of rotatable bonds is 5. The van der Waals surface area contributed by atoms with Crippen molar-refractivity contribution in [1.29, 1.82) is 0 Å². The molecule has 1 aromatic carbocycles. The highest BCUT2D eigenvalue weighted by Gasteiger charge is 2.16. The van der Waals surface area contributed by atoms with Crippen molar-refractivity contribution in [2.75, 3.05) is 5.32 Å². The maximum absolute atomic E-state index is 12.2. The smallest absolute Gasteiger partial charge is 0.313 e. The van der Waals surface area contributed by atoms with Gasteiger partial charge in [0.05, 0.1) is 17.7 Å². The fraction of sp³-hybridized carbons (Fsp3) is 0.105. The van der Waals surface area contributed by atoms with E-state index in [-0.39, 0.29) is 18.1 Å². The fourth-order valence-electron chi connectivity index (χ4n) is 2.20. The van der Waals surface area contributed by atoms with Crippen LogP contribution in [-0.2, 0) is 16.1 Å². The molecule has 3 rings (SSSR count). The Labute approximate surface area is 153 Å². The van der Waals surface area contributed by atoms with E-state index in [2.05, 4.69) is 10.6 Å². The number of benzene rings is 1. The average molecular weight is 368 g/mol. The standard InChI is InChI=1S/C19H16N2O4S/c1-12-4-6-13(7-5-12)21-19(24)18(23)20-11-14-8-9-16(26-14)17(22)15-3-2-10-25-15/h2-10H,11H2,1H3,(H,20,23)(H,21,24). The number of carbonyl (C=O) groups excluding carboxylic acids is 3. The Morgan fingerprint density at radius 3 is 2.46 bits per heavy atom. The number of furan rings is 1. The molecule has 0 bridgehead atoms. The molecular weight excluding hydrogens is 352 g/mol. The second-order valence-electron chi connectivity index (χ2n) is 5.58. The molecule has 0 fully saturated rings. The maximum Gasteiger partial charge on any atom is 0.313 e. The number of thiophene rings is 1. The predicted octanol–water partition coefficient (Wildman–Crippen LogP) is 3.14. The zero-order valence-corrected chi connectivity index (χ0v) is 14.8. The maximum atomic E-state index is 12.2. The lowest BCUT2D eigenvalue weighted by molar-refractivity contribution is -0.136. The molecule has 26 heavy (non-hydrogen) atoms. The number of anilines is 1. The number of carbonyl (C=O) groups is 3. The summed E-state index contributed by atoms with van der Waals surface area (Å²) in [7, 11) is 0. The number of aryl methyl sites for hydroxylation is 1. The monoisotopic (exact) mass is 368 g/mol. The van der Waals surface area contributed by atoms with Crippen molar-refractivity contribution in [3.8, 4) is 0 Å². The summed E-state index contributed by atoms with van der Waals surface area (Å²) < 4.78 is 5.09. The quantitative estimate of drug-likeness (QED) is 0.535. The Morgan fingerprint density at radius 1 is 1.00 bits per heavy atom. The number of amides is 2. The number of hydrogen-bond donors (Lipinski definition) is 2. The van der Waals surface area contributed by atoms with E-state index in [4.69, 9.17) is 4.42 Å². The largest absolute Gasteiger partial charge is 0.461 e. The minimum Gasteiger partial charge on any atom is -0.461 e. The van der Waals surface area contributed by atoms with Gasteiger partial charge in [0.2, 0.25) is 5.78 Å². The summed E-state index contributed by atoms with van der Waals surface area (Å²) in [5.41, 5.74) is 1.61. The molecule has 6 nitrogen and oxygen atoms in total. The molecule has 0 radical (unpaired) electrons. The summed E-state index contributed by atoms with van der Waals surface area (Å²) in [4.78, 5) is 37.2. The first-order chi connectivity index (χ1) is 12.5. The van der Waals surface area contributed by atoms with E-state index in [0.717, 1.165) is 10.4 Å². The molecule has 2 amide bonds. The van der Waals surface area contributed by atoms with Crippen LogP contribution >= 0.6 is 11.3 Å². The molecule has 132 valence electrons. The van der Waals surface area contributed by atoms with Gasteiger partial charge in [-0.1, -0.05) is 17.7 Å². The zero-order valence-electron chi connectivity index (χ0n) is 13.9. The molecule has 3 aromatic rings. The number of hydrogen-bond acceptors (Lipinski definition) is 5. The van der Waals surface area contributed by atoms with Gasteiger partial charge in [-0.2, -0.15) is 0 Å². The molecule has 2 heterocycles. The van der Waals surface area contributed by atoms with Crippen molar-refractivity contribution in [3.63, 3.8) is 0 Å². The summed E-state index contributed by atoms with van der Waals surface area (Å²) in [5.74, 6) is -1.43. The Morgan fingerprint density at radius 2 is 1.77 bits per heavy atom. The summed E-state index contributed by atoms with van der Waals surface area (Å²) in [6, 6.07) is 13.8. The molecule has 0 atom stereocenters. The van der Waals surface area contributed by atoms with Gasteiger partial charge in [-0.25, -0.2) is 0 Å². The van der Waals surface area contributed by atoms with Crippen LogP contribution in [0.1, 0.15) is 25.9 Å². The van der Waals surface area contributed by atoms with E-state index < -0.39 is 11.8 Å². The third-order valence-electron chi connectivity index (χ3n) is 3.57. The minimum atomic E-state index is -0.739. The highest BCUT2D eigenvalue weighted by atomic mass is 32.1. The molecule has 0 spiro atoms. The van der Waals surface area contributed by atoms with E-state index in [0.29, 0.717) is 10.6 Å². The highest BCUT2D eigenvalue weighted by molar-refractivity contribution is 7.14. The van der Waals surface area contributed by atoms with Gasteiger partial charge in [-0.05, 0) is 43.3 Å². The number of nitrogens with one attached hydrogen (secondary N) is 2. The molecule has 2 aromatic heterocycles. The first kappa shape index (κ1) is 17.6. The van der Waals surface area contributed by atoms with Crippen LogP contribution in [0.25, 0.3) is 0 Å². The zero-order chi connectivity index (χ0) is 18.5. The molecule has 0 aliphatic rings. The van der Waals surface area contributed by atoms with Gasteiger partial charge in [0.25, 0.3) is 0 Å². The molecule has 0 aliphatic heterocycles. The van der Waals surface area contributed by atoms with Crippen LogP contribution in [0.3, 0.4) is 0 Å². The van der Waals surface area contributed by atoms with Crippen molar-refractivity contribution < 1.29 is 18.8 Å².